The van der Waals surface area contributed by atoms with Crippen LogP contribution in [0.25, 0.3) is 0 Å². The maximum atomic E-state index is 14.3. The van der Waals surface area contributed by atoms with Crippen molar-refractivity contribution < 1.29 is 4.79 Å². The lowest BCUT2D eigenvalue weighted by atomic mass is 10.1. The van der Waals surface area contributed by atoms with Crippen molar-refractivity contribution in [3.8, 4) is 6.07 Å². The Morgan fingerprint density at radius 3 is 2.53 bits per heavy atom. The highest BCUT2D eigenvalue weighted by molar-refractivity contribution is 7.80. The number of nitrogens with zero attached hydrogens (tertiary/aromatic N) is 5. The van der Waals surface area contributed by atoms with E-state index in [0.717, 1.165) is 34.5 Å². The van der Waals surface area contributed by atoms with Gasteiger partial charge in [-0.3, -0.25) is 4.79 Å². The van der Waals surface area contributed by atoms with E-state index < -0.39 is 0 Å². The molecule has 0 atom stereocenters. The molecule has 1 N–H and O–H groups in total. The highest BCUT2D eigenvalue weighted by Crippen LogP contribution is 2.28. The second-order valence-corrected chi connectivity index (χ2v) is 11.9. The summed E-state index contributed by atoms with van der Waals surface area (Å²) in [4.78, 5) is 18.6. The fourth-order valence-corrected chi connectivity index (χ4v) is 5.26. The van der Waals surface area contributed by atoms with E-state index in [1.54, 1.807) is 35.7 Å². The first-order valence-corrected chi connectivity index (χ1v) is 15.2. The topological polar surface area (TPSA) is 77.2 Å². The number of imidazole rings is 1. The molecule has 10 heteroatoms. The molecule has 3 aromatic carbocycles. The van der Waals surface area contributed by atoms with Gasteiger partial charge in [0.05, 0.1) is 34.4 Å². The van der Waals surface area contributed by atoms with Gasteiger partial charge in [-0.1, -0.05) is 79.5 Å². The number of halogens is 2. The minimum atomic E-state index is -0.213. The monoisotopic (exact) mass is 632 g/mol. The lowest BCUT2D eigenvalue weighted by molar-refractivity contribution is -0.139. The predicted octanol–water partition coefficient (Wildman–Crippen LogP) is 7.65. The minimum Gasteiger partial charge on any atom is -0.331 e. The zero-order valence-corrected chi connectivity index (χ0v) is 26.8. The standard InChI is InChI=1S/C33H34Cl2N6OS/c1-23(2)15-16-40(21-27-8-6-9-29(34)32(27)35)41(33(43)38-30-10-5-4-7-24(30)3)31(42)17-28-19-37-22-39(28)20-26-13-11-25(18-36)12-14-26/h4-14,19,22-23H,15-17,20-21H2,1-3H3,(H,38,43). The summed E-state index contributed by atoms with van der Waals surface area (Å²) in [7, 11) is 0. The first-order valence-electron chi connectivity index (χ1n) is 14.0. The van der Waals surface area contributed by atoms with Crippen LogP contribution in [0, 0.1) is 24.2 Å². The lowest BCUT2D eigenvalue weighted by Gasteiger charge is -2.36. The summed E-state index contributed by atoms with van der Waals surface area (Å²) in [5.74, 6) is 0.176. The van der Waals surface area contributed by atoms with E-state index in [1.807, 2.05) is 65.0 Å². The van der Waals surface area contributed by atoms with Gasteiger partial charge in [0.2, 0.25) is 5.91 Å². The number of thiocarbonyl (C=S) groups is 1. The number of carbonyl (C=O) groups excluding carboxylic acids is 1. The molecule has 0 saturated heterocycles. The summed E-state index contributed by atoms with van der Waals surface area (Å²) in [6, 6.07) is 22.8. The summed E-state index contributed by atoms with van der Waals surface area (Å²) in [6.07, 6.45) is 4.29. The number of nitrogens with one attached hydrogen (secondary N) is 1. The normalized spacial score (nSPS) is 11.0. The Morgan fingerprint density at radius 1 is 1.09 bits per heavy atom. The molecule has 7 nitrogen and oxygen atoms in total. The summed E-state index contributed by atoms with van der Waals surface area (Å²) in [6.45, 7) is 7.67. The molecule has 43 heavy (non-hydrogen) atoms. The van der Waals surface area contributed by atoms with E-state index in [0.29, 0.717) is 41.2 Å². The molecule has 0 spiro atoms. The number of carbonyl (C=O) groups is 1. The largest absolute Gasteiger partial charge is 0.331 e. The van der Waals surface area contributed by atoms with Crippen LogP contribution in [0.15, 0.2) is 79.3 Å². The predicted molar refractivity (Wildman–Crippen MR) is 177 cm³/mol. The van der Waals surface area contributed by atoms with Crippen molar-refractivity contribution in [1.82, 2.24) is 19.6 Å². The summed E-state index contributed by atoms with van der Waals surface area (Å²) in [5.41, 5.74) is 4.94. The van der Waals surface area contributed by atoms with Gasteiger partial charge in [-0.05, 0) is 72.4 Å². The number of hydrogen-bond acceptors (Lipinski definition) is 5. The second-order valence-electron chi connectivity index (χ2n) is 10.7. The van der Waals surface area contributed by atoms with Gasteiger partial charge in [-0.15, -0.1) is 0 Å². The fraction of sp³-hybridized carbons (Fsp3) is 0.273. The molecule has 0 aliphatic heterocycles. The molecule has 1 aromatic heterocycles. The van der Waals surface area contributed by atoms with E-state index in [9.17, 15) is 4.79 Å². The van der Waals surface area contributed by atoms with Gasteiger partial charge in [0.25, 0.3) is 0 Å². The molecule has 0 unspecified atom stereocenters. The number of benzene rings is 3. The molecule has 1 amide bonds. The van der Waals surface area contributed by atoms with Gasteiger partial charge < -0.3 is 9.88 Å². The van der Waals surface area contributed by atoms with Crippen LogP contribution in [-0.4, -0.2) is 37.1 Å². The number of anilines is 1. The third-order valence-corrected chi connectivity index (χ3v) is 8.15. The molecular formula is C33H34Cl2N6OS. The van der Waals surface area contributed by atoms with Crippen LogP contribution in [0.4, 0.5) is 5.69 Å². The van der Waals surface area contributed by atoms with Crippen molar-refractivity contribution in [3.63, 3.8) is 0 Å². The molecule has 4 aromatic rings. The number of nitriles is 1. The number of aromatic nitrogens is 2. The number of hydrazine groups is 1. The quantitative estimate of drug-likeness (QED) is 0.135. The number of hydrogen-bond donors (Lipinski definition) is 1. The van der Waals surface area contributed by atoms with Crippen LogP contribution in [-0.2, 0) is 24.3 Å². The maximum absolute atomic E-state index is 14.3. The molecule has 1 heterocycles. The summed E-state index contributed by atoms with van der Waals surface area (Å²) >= 11 is 18.9. The van der Waals surface area contributed by atoms with Gasteiger partial charge in [0, 0.05) is 37.2 Å². The molecule has 0 aliphatic carbocycles. The smallest absolute Gasteiger partial charge is 0.249 e. The molecular weight excluding hydrogens is 599 g/mol. The Morgan fingerprint density at radius 2 is 1.84 bits per heavy atom. The number of aryl methyl sites for hydroxylation is 1. The van der Waals surface area contributed by atoms with E-state index >= 15 is 0 Å². The van der Waals surface area contributed by atoms with Gasteiger partial charge in [-0.2, -0.15) is 5.26 Å². The molecule has 0 fully saturated rings. The minimum absolute atomic E-state index is 0.0628. The third-order valence-electron chi connectivity index (χ3n) is 7.01. The number of para-hydroxylation sites is 1. The van der Waals surface area contributed by atoms with Crippen molar-refractivity contribution in [3.05, 3.63) is 117 Å². The summed E-state index contributed by atoms with van der Waals surface area (Å²) in [5, 5.41) is 17.1. The van der Waals surface area contributed by atoms with Gasteiger partial charge in [-0.25, -0.2) is 15.0 Å². The van der Waals surface area contributed by atoms with E-state index in [4.69, 9.17) is 40.7 Å². The SMILES string of the molecule is Cc1ccccc1NC(=S)N(C(=O)Cc1cncn1Cc1ccc(C#N)cc1)N(CCC(C)C)Cc1cccc(Cl)c1Cl. The maximum Gasteiger partial charge on any atom is 0.249 e. The molecule has 0 bridgehead atoms. The highest BCUT2D eigenvalue weighted by atomic mass is 35.5. The third kappa shape index (κ3) is 8.65. The van der Waals surface area contributed by atoms with E-state index in [1.165, 1.54) is 0 Å². The lowest BCUT2D eigenvalue weighted by Crippen LogP contribution is -2.52. The first kappa shape index (κ1) is 32.2. The van der Waals surface area contributed by atoms with Crippen molar-refractivity contribution in [1.29, 1.82) is 5.26 Å². The van der Waals surface area contributed by atoms with Crippen LogP contribution >= 0.6 is 35.4 Å². The molecule has 0 radical (unpaired) electrons. The van der Waals surface area contributed by atoms with Crippen LogP contribution in [0.3, 0.4) is 0 Å². The average molecular weight is 634 g/mol. The van der Waals surface area contributed by atoms with Gasteiger partial charge in [0.1, 0.15) is 0 Å². The molecule has 0 aliphatic rings. The van der Waals surface area contributed by atoms with Crippen molar-refractivity contribution in [2.45, 2.75) is 46.7 Å². The fourth-order valence-electron chi connectivity index (χ4n) is 4.55. The van der Waals surface area contributed by atoms with Gasteiger partial charge in [0.15, 0.2) is 5.11 Å². The molecule has 0 saturated carbocycles. The Bertz CT molecular complexity index is 1610. The zero-order chi connectivity index (χ0) is 30.9. The van der Waals surface area contributed by atoms with Crippen molar-refractivity contribution in [2.75, 3.05) is 11.9 Å². The van der Waals surface area contributed by atoms with Gasteiger partial charge >= 0.3 is 0 Å². The van der Waals surface area contributed by atoms with Crippen molar-refractivity contribution in [2.24, 2.45) is 5.92 Å². The second kappa shape index (κ2) is 15.1. The highest BCUT2D eigenvalue weighted by Gasteiger charge is 2.28. The van der Waals surface area contributed by atoms with E-state index in [2.05, 4.69) is 30.2 Å². The average Bonchev–Trinajstić information content (AvgIpc) is 3.41. The molecule has 222 valence electrons. The van der Waals surface area contributed by atoms with Crippen molar-refractivity contribution >= 4 is 52.1 Å². The molecule has 4 rings (SSSR count). The Balaban J connectivity index is 1.66. The Hall–Kier alpha value is -3.74. The Kier molecular flexibility index (Phi) is 11.3. The summed E-state index contributed by atoms with van der Waals surface area (Å²) < 4.78 is 1.93. The number of rotatable bonds is 11. The number of amides is 1. The first-order chi connectivity index (χ1) is 20.7. The Labute approximate surface area is 268 Å². The zero-order valence-electron chi connectivity index (χ0n) is 24.4. The van der Waals surface area contributed by atoms with Crippen LogP contribution in [0.1, 0.15) is 48.2 Å². The van der Waals surface area contributed by atoms with Crippen LogP contribution in [0.2, 0.25) is 10.0 Å². The van der Waals surface area contributed by atoms with E-state index in [-0.39, 0.29) is 17.4 Å². The van der Waals surface area contributed by atoms with Crippen LogP contribution in [0.5, 0.6) is 0 Å². The van der Waals surface area contributed by atoms with Crippen LogP contribution < -0.4 is 5.32 Å².